The Bertz CT molecular complexity index is 6.00. The Kier molecular flexibility index (Phi) is 126. The molecule has 0 unspecified atom stereocenters. The molecule has 0 saturated heterocycles. The van der Waals surface area contributed by atoms with Crippen LogP contribution in [0.1, 0.15) is 0 Å². The second-order valence-electron chi connectivity index (χ2n) is 0. The van der Waals surface area contributed by atoms with Gasteiger partial charge in [-0.3, -0.25) is 0 Å². The molecule has 0 atom stereocenters. The maximum atomic E-state index is 0. The van der Waals surface area contributed by atoms with Crippen LogP contribution in [0.15, 0.2) is 0 Å². The molecule has 0 radical (unpaired) electrons. The molecular formula is H4BrClNa2. The van der Waals surface area contributed by atoms with Gasteiger partial charge in [0.25, 0.3) is 0 Å². The van der Waals surface area contributed by atoms with Crippen molar-refractivity contribution in [2.75, 3.05) is 0 Å². The van der Waals surface area contributed by atoms with Gasteiger partial charge in [-0.05, 0) is 0 Å². The van der Waals surface area contributed by atoms with E-state index in [1.165, 1.54) is 0 Å². The summed E-state index contributed by atoms with van der Waals surface area (Å²) in [5.41, 5.74) is 0. The summed E-state index contributed by atoms with van der Waals surface area (Å²) in [6, 6.07) is 0. The summed E-state index contributed by atoms with van der Waals surface area (Å²) in [7, 11) is 0. The maximum absolute atomic E-state index is 0. The molecule has 0 aromatic rings. The number of hydrogen-bond acceptors (Lipinski definition) is 0. The molecule has 0 rings (SSSR count). The fourth-order valence-electron chi connectivity index (χ4n) is 0. The van der Waals surface area contributed by atoms with Gasteiger partial charge in [0.2, 0.25) is 0 Å². The minimum absolute atomic E-state index is 0. The van der Waals surface area contributed by atoms with Crippen LogP contribution in [0.25, 0.3) is 0 Å². The van der Waals surface area contributed by atoms with E-state index in [-0.39, 0.29) is 88.5 Å². The van der Waals surface area contributed by atoms with Crippen LogP contribution in [0.4, 0.5) is 0 Å². The van der Waals surface area contributed by atoms with Crippen molar-refractivity contribution in [2.24, 2.45) is 0 Å². The molecule has 0 spiro atoms. The quantitative estimate of drug-likeness (QED) is 0.433. The van der Waals surface area contributed by atoms with Gasteiger partial charge in [-0.2, -0.15) is 0 Å². The summed E-state index contributed by atoms with van der Waals surface area (Å²) >= 11 is 0. The molecule has 4 heavy (non-hydrogen) atoms. The van der Waals surface area contributed by atoms with Crippen LogP contribution in [-0.4, -0.2) is 59.1 Å². The monoisotopic (exact) mass is 164 g/mol. The van der Waals surface area contributed by atoms with E-state index in [1.807, 2.05) is 0 Å². The van der Waals surface area contributed by atoms with Crippen molar-refractivity contribution in [1.82, 2.24) is 0 Å². The Morgan fingerprint density at radius 1 is 0.750 bits per heavy atom. The first-order valence-electron chi connectivity index (χ1n) is 0. The normalized spacial score (nSPS) is 0. The third kappa shape index (κ3) is 8.84. The average molecular weight is 165 g/mol. The fourth-order valence-corrected chi connectivity index (χ4v) is 0. The van der Waals surface area contributed by atoms with E-state index < -0.39 is 0 Å². The van der Waals surface area contributed by atoms with Gasteiger partial charge in [0.15, 0.2) is 0 Å². The molecule has 0 heterocycles. The van der Waals surface area contributed by atoms with Crippen LogP contribution in [0.2, 0.25) is 0 Å². The van der Waals surface area contributed by atoms with Gasteiger partial charge in [0.05, 0.1) is 0 Å². The molecule has 0 aliphatic rings. The zero-order valence-electron chi connectivity index (χ0n) is 0.816. The predicted molar refractivity (Wildman–Crippen MR) is 31.9 cm³/mol. The van der Waals surface area contributed by atoms with E-state index in [0.717, 1.165) is 0 Å². The van der Waals surface area contributed by atoms with Crippen molar-refractivity contribution in [1.29, 1.82) is 0 Å². The molecule has 0 bridgehead atoms. The topological polar surface area (TPSA) is 0 Å². The molecule has 20 valence electrons. The summed E-state index contributed by atoms with van der Waals surface area (Å²) in [6.45, 7) is 0. The molecule has 0 aromatic carbocycles. The first-order valence-corrected chi connectivity index (χ1v) is 0. The summed E-state index contributed by atoms with van der Waals surface area (Å²) in [5, 5.41) is 0. The molecule has 4 heteroatoms. The Hall–Kier alpha value is 2.77. The minimum atomic E-state index is 0. The third-order valence-corrected chi connectivity index (χ3v) is 0. The van der Waals surface area contributed by atoms with Crippen LogP contribution in [-0.2, 0) is 0 Å². The Labute approximate surface area is 86.9 Å². The molecule has 0 fully saturated rings. The number of halogens is 2. The molecule has 0 amide bonds. The second kappa shape index (κ2) is 17.1. The van der Waals surface area contributed by atoms with Crippen LogP contribution >= 0.6 is 29.4 Å². The Morgan fingerprint density at radius 3 is 0.750 bits per heavy atom. The molecule has 0 aliphatic heterocycles. The number of rotatable bonds is 0. The molecule has 0 nitrogen and oxygen atoms in total. The summed E-state index contributed by atoms with van der Waals surface area (Å²) in [5.74, 6) is 0. The summed E-state index contributed by atoms with van der Waals surface area (Å²) < 4.78 is 0. The second-order valence-corrected chi connectivity index (χ2v) is 0. The van der Waals surface area contributed by atoms with Gasteiger partial charge in [0, 0.05) is 0 Å². The SMILES string of the molecule is Br.Cl.[NaH].[NaH]. The van der Waals surface area contributed by atoms with Gasteiger partial charge in [0.1, 0.15) is 0 Å². The van der Waals surface area contributed by atoms with E-state index in [9.17, 15) is 0 Å². The summed E-state index contributed by atoms with van der Waals surface area (Å²) in [4.78, 5) is 0. The van der Waals surface area contributed by atoms with E-state index in [2.05, 4.69) is 0 Å². The van der Waals surface area contributed by atoms with Crippen molar-refractivity contribution in [3.63, 3.8) is 0 Å². The van der Waals surface area contributed by atoms with Gasteiger partial charge in [-0.15, -0.1) is 29.4 Å². The van der Waals surface area contributed by atoms with Crippen LogP contribution in [0.5, 0.6) is 0 Å². The predicted octanol–water partition coefficient (Wildman–Crippen LogP) is -0.297. The average Bonchev–Trinajstić information content (AvgIpc) is 0. The molecule has 0 aliphatic carbocycles. The number of hydrogen-bond donors (Lipinski definition) is 0. The molecule has 0 aromatic heterocycles. The first-order chi connectivity index (χ1) is 0. The van der Waals surface area contributed by atoms with Gasteiger partial charge >= 0.3 is 59.1 Å². The Balaban J connectivity index is 0. The molecule has 0 N–H and O–H groups in total. The van der Waals surface area contributed by atoms with Crippen LogP contribution < -0.4 is 0 Å². The van der Waals surface area contributed by atoms with Gasteiger partial charge < -0.3 is 0 Å². The zero-order valence-corrected chi connectivity index (χ0v) is 3.35. The van der Waals surface area contributed by atoms with Crippen molar-refractivity contribution in [3.8, 4) is 0 Å². The molecular weight excluding hydrogens is 161 g/mol. The van der Waals surface area contributed by atoms with Crippen LogP contribution in [0.3, 0.4) is 0 Å². The van der Waals surface area contributed by atoms with Crippen molar-refractivity contribution < 1.29 is 0 Å². The fraction of sp³-hybridized carbons (Fsp3) is 0. The molecule has 0 saturated carbocycles. The van der Waals surface area contributed by atoms with E-state index in [4.69, 9.17) is 0 Å². The standard InChI is InChI=1S/BrH.ClH.2Na.2H/h2*1H;;;;. The summed E-state index contributed by atoms with van der Waals surface area (Å²) in [6.07, 6.45) is 0. The van der Waals surface area contributed by atoms with Crippen molar-refractivity contribution in [3.05, 3.63) is 0 Å². The van der Waals surface area contributed by atoms with E-state index >= 15 is 0 Å². The Morgan fingerprint density at radius 2 is 0.750 bits per heavy atom. The third-order valence-electron chi connectivity index (χ3n) is 0. The van der Waals surface area contributed by atoms with E-state index in [0.29, 0.717) is 0 Å². The van der Waals surface area contributed by atoms with E-state index in [1.54, 1.807) is 0 Å². The van der Waals surface area contributed by atoms with Crippen molar-refractivity contribution >= 4 is 88.5 Å². The first kappa shape index (κ1) is 29.4. The van der Waals surface area contributed by atoms with Gasteiger partial charge in [-0.1, -0.05) is 0 Å². The van der Waals surface area contributed by atoms with Gasteiger partial charge in [-0.25, -0.2) is 0 Å². The van der Waals surface area contributed by atoms with Crippen molar-refractivity contribution in [2.45, 2.75) is 0 Å². The van der Waals surface area contributed by atoms with Crippen LogP contribution in [0, 0.1) is 0 Å². The zero-order chi connectivity index (χ0) is 0.